The van der Waals surface area contributed by atoms with Crippen LogP contribution in [-0.2, 0) is 19.0 Å². The largest absolute Gasteiger partial charge is 0.394 e. The summed E-state index contributed by atoms with van der Waals surface area (Å²) in [5.74, 6) is -5.67. The minimum Gasteiger partial charge on any atom is -0.394 e. The molecule has 0 spiro atoms. The van der Waals surface area contributed by atoms with Crippen LogP contribution < -0.4 is 0 Å². The summed E-state index contributed by atoms with van der Waals surface area (Å²) in [6, 6.07) is 0. The molecule has 36 atom stereocenters. The van der Waals surface area contributed by atoms with Gasteiger partial charge in [-0.25, -0.2) is 0 Å². The van der Waals surface area contributed by atoms with E-state index in [9.17, 15) is 153 Å². The Kier molecular flexibility index (Phi) is 40.4. The summed E-state index contributed by atoms with van der Waals surface area (Å²) in [5.41, 5.74) is -0.178. The number of ether oxygens (including phenoxy) is 3. The maximum Gasteiger partial charge on any atom is 0.197 e. The van der Waals surface area contributed by atoms with E-state index in [-0.39, 0.29) is 44.1 Å². The topological polar surface area (TPSA) is 652 Å². The van der Waals surface area contributed by atoms with Crippen LogP contribution in [-0.4, -0.2) is 373 Å². The van der Waals surface area contributed by atoms with E-state index >= 15 is 0 Å². The molecule has 3 heterocycles. The van der Waals surface area contributed by atoms with Gasteiger partial charge in [0, 0.05) is 32.1 Å². The van der Waals surface area contributed by atoms with E-state index in [0.717, 1.165) is 25.0 Å². The molecule has 0 aliphatic carbocycles. The van der Waals surface area contributed by atoms with Crippen LogP contribution >= 0.6 is 0 Å². The molecule has 0 bridgehead atoms. The van der Waals surface area contributed by atoms with Gasteiger partial charge in [-0.2, -0.15) is 0 Å². The molecule has 0 saturated carbocycles. The summed E-state index contributed by atoms with van der Waals surface area (Å²) in [5, 5.41) is 317. The van der Waals surface area contributed by atoms with Crippen molar-refractivity contribution in [3.63, 3.8) is 0 Å². The molecule has 34 nitrogen and oxygen atoms in total. The van der Waals surface area contributed by atoms with Gasteiger partial charge >= 0.3 is 0 Å². The quantitative estimate of drug-likeness (QED) is 0.0153. The first-order valence-corrected chi connectivity index (χ1v) is 33.9. The molecule has 3 rings (SSSR count). The zero-order chi connectivity index (χ0) is 77.4. The highest BCUT2D eigenvalue weighted by Crippen LogP contribution is 2.37. The number of hydrogen-bond donors (Lipinski definition) is 30. The van der Waals surface area contributed by atoms with Crippen LogP contribution in [0.4, 0.5) is 0 Å². The number of aliphatic hydroxyl groups is 30. The lowest BCUT2D eigenvalue weighted by Crippen LogP contribution is -2.68. The number of unbranched alkanes of at least 4 members (excludes halogenated alkanes) is 1. The summed E-state index contributed by atoms with van der Waals surface area (Å²) in [7, 11) is 0. The second-order valence-electron chi connectivity index (χ2n) is 27.0. The van der Waals surface area contributed by atoms with Gasteiger partial charge in [-0.1, -0.05) is 99.4 Å². The van der Waals surface area contributed by atoms with Gasteiger partial charge in [0.05, 0.1) is 73.8 Å². The van der Waals surface area contributed by atoms with Crippen molar-refractivity contribution in [2.45, 2.75) is 298 Å². The van der Waals surface area contributed by atoms with Gasteiger partial charge in [-0.05, 0) is 62.4 Å². The van der Waals surface area contributed by atoms with Gasteiger partial charge in [0.25, 0.3) is 0 Å². The lowest BCUT2D eigenvalue weighted by molar-refractivity contribution is -0.367. The molecule has 0 amide bonds. The molecule has 0 aromatic rings. The fraction of sp³-hybridized carbons (Fsp3) is 0.750. The number of rotatable bonds is 46. The molecule has 30 N–H and O–H groups in total. The van der Waals surface area contributed by atoms with Gasteiger partial charge in [0.2, 0.25) is 0 Å². The van der Waals surface area contributed by atoms with Crippen molar-refractivity contribution in [1.82, 2.24) is 0 Å². The van der Waals surface area contributed by atoms with Crippen molar-refractivity contribution in [3.8, 4) is 0 Å². The third kappa shape index (κ3) is 27.2. The Morgan fingerprint density at radius 2 is 1.03 bits per heavy atom. The number of hydrogen-bond acceptors (Lipinski definition) is 34. The molecule has 3 aliphatic heterocycles. The Morgan fingerprint density at radius 1 is 0.490 bits per heavy atom. The molecule has 0 aromatic carbocycles. The van der Waals surface area contributed by atoms with E-state index < -0.39 is 257 Å². The zero-order valence-corrected chi connectivity index (χ0v) is 56.9. The van der Waals surface area contributed by atoms with Crippen LogP contribution in [0.5, 0.6) is 0 Å². The van der Waals surface area contributed by atoms with Gasteiger partial charge in [0.15, 0.2) is 11.6 Å². The highest BCUT2D eigenvalue weighted by molar-refractivity contribution is 5.83. The van der Waals surface area contributed by atoms with Gasteiger partial charge in [-0.15, -0.1) is 6.58 Å². The zero-order valence-electron chi connectivity index (χ0n) is 56.9. The summed E-state index contributed by atoms with van der Waals surface area (Å²) >= 11 is 0. The molecule has 36 unspecified atom stereocenters. The Morgan fingerprint density at radius 3 is 1.65 bits per heavy atom. The van der Waals surface area contributed by atoms with Crippen LogP contribution in [0.15, 0.2) is 97.7 Å². The van der Waals surface area contributed by atoms with Crippen molar-refractivity contribution >= 4 is 5.78 Å². The van der Waals surface area contributed by atoms with E-state index in [2.05, 4.69) is 13.2 Å². The molecule has 34 heteroatoms. The number of Topliss-reactive ketones (excluding diaryl/α,β-unsaturated/α-hetero) is 1. The first-order valence-electron chi connectivity index (χ1n) is 33.9. The second-order valence-corrected chi connectivity index (χ2v) is 27.0. The fourth-order valence-corrected chi connectivity index (χ4v) is 12.0. The van der Waals surface area contributed by atoms with E-state index in [4.69, 9.17) is 19.3 Å². The van der Waals surface area contributed by atoms with E-state index in [0.29, 0.717) is 0 Å². The molecule has 590 valence electrons. The van der Waals surface area contributed by atoms with Crippen LogP contribution in [0.25, 0.3) is 0 Å². The maximum absolute atomic E-state index is 13.2. The summed E-state index contributed by atoms with van der Waals surface area (Å²) in [4.78, 5) is 13.2. The Labute approximate surface area is 590 Å². The first kappa shape index (κ1) is 92.5. The highest BCUT2D eigenvalue weighted by Gasteiger charge is 2.57. The normalized spacial score (nSPS) is 32.8. The Hall–Kier alpha value is -3.73. The molecule has 0 radical (unpaired) electrons. The predicted molar refractivity (Wildman–Crippen MR) is 355 cm³/mol. The molecule has 3 saturated heterocycles. The van der Waals surface area contributed by atoms with Crippen LogP contribution in [0.3, 0.4) is 0 Å². The van der Waals surface area contributed by atoms with Crippen molar-refractivity contribution < 1.29 is 172 Å². The fourth-order valence-electron chi connectivity index (χ4n) is 12.0. The number of ketones is 1. The summed E-state index contributed by atoms with van der Waals surface area (Å²) in [6.45, 7) is 9.41. The number of carbonyl (C=O) groups excluding carboxylic acids is 1. The summed E-state index contributed by atoms with van der Waals surface area (Å²) in [6.07, 6.45) is -46.3. The molecular weight excluding hydrogens is 1360 g/mol. The lowest BCUT2D eigenvalue weighted by Gasteiger charge is -2.48. The van der Waals surface area contributed by atoms with Gasteiger partial charge < -0.3 is 167 Å². The van der Waals surface area contributed by atoms with E-state index in [1.54, 1.807) is 37.3 Å². The van der Waals surface area contributed by atoms with Gasteiger partial charge in [-0.3, -0.25) is 4.79 Å². The van der Waals surface area contributed by atoms with Crippen molar-refractivity contribution in [3.05, 3.63) is 97.7 Å². The Bertz CT molecular complexity index is 2610. The average Bonchev–Trinajstić information content (AvgIpc) is 0.947. The van der Waals surface area contributed by atoms with Crippen LogP contribution in [0.2, 0.25) is 0 Å². The Balaban J connectivity index is 1.47. The molecule has 102 heavy (non-hydrogen) atoms. The first-order chi connectivity index (χ1) is 47.7. The molecule has 3 fully saturated rings. The molecule has 3 aliphatic rings. The lowest BCUT2D eigenvalue weighted by atomic mass is 9.83. The molecular formula is C68H114O34. The third-order valence-corrected chi connectivity index (χ3v) is 18.7. The third-order valence-electron chi connectivity index (χ3n) is 18.7. The number of aliphatic hydroxyl groups excluding tert-OH is 29. The average molecular weight is 1480 g/mol. The van der Waals surface area contributed by atoms with E-state index in [1.807, 2.05) is 12.2 Å². The minimum atomic E-state index is -3.13. The maximum atomic E-state index is 13.2. The second kappa shape index (κ2) is 44.5. The van der Waals surface area contributed by atoms with Crippen molar-refractivity contribution in [2.75, 3.05) is 6.61 Å². The number of allylic oxidation sites excluding steroid dienone is 9. The predicted octanol–water partition coefficient (Wildman–Crippen LogP) is -9.69. The summed E-state index contributed by atoms with van der Waals surface area (Å²) < 4.78 is 16.8. The monoisotopic (exact) mass is 1470 g/mol. The van der Waals surface area contributed by atoms with Crippen molar-refractivity contribution in [1.29, 1.82) is 0 Å². The van der Waals surface area contributed by atoms with Crippen molar-refractivity contribution in [2.24, 2.45) is 11.8 Å². The SMILES string of the molecule is C=CCCC=CC=CC=CCC(O)C(O)C(O)C=CC=CC(O)CC(O)C(O)C1OC(O)(CC(O)C(O)C(=O)CCC2OC(CC(O)CC(C)C=CCC(O)C(O)C(O)C(O)C(=C)C(C)CC3OC(C(O)CC(O)C(O)C(O)C(O)C(O)C(O)CO)C(O)C(O)C3O)C(O)C2O)C(O)C(O)C1O. The van der Waals surface area contributed by atoms with Gasteiger partial charge in [0.1, 0.15) is 134 Å². The molecule has 0 aromatic heterocycles. The smallest absolute Gasteiger partial charge is 0.197 e. The minimum absolute atomic E-state index is 0.00474. The van der Waals surface area contributed by atoms with Crippen LogP contribution in [0.1, 0.15) is 90.9 Å². The highest BCUT2D eigenvalue weighted by atomic mass is 16.7. The van der Waals surface area contributed by atoms with E-state index in [1.165, 1.54) is 31.2 Å². The number of carbonyl (C=O) groups is 1. The standard InChI is InChI=1S/C68H114O34/c1-5-6-7-8-9-10-11-12-13-19-36(72)49(82)37(73)20-15-14-18-34(70)26-40(76)54(87)66-63(96)64(97)67(98)68(99,102-66)29-43(79)50(83)39(75)22-23-45-55(88)56(89)47(100-45)27-35(71)24-31(2)17-16-21-38(74)51(84)58(91)48(81)33(4)32(3)25-46-57(90)61(94)62(95)65(101-46)42(78)28-41(77)52(85)59(92)60(93)53(86)44(80)30-69/h5,8-18,20,31-32,34-38,40-67,69-74,76-99H,1,4,6-7,19,21-30H2,2-3H3. The van der Waals surface area contributed by atoms with Crippen LogP contribution in [0, 0.1) is 11.8 Å².